The predicted octanol–water partition coefficient (Wildman–Crippen LogP) is 2.93. The minimum absolute atomic E-state index is 0.0274. The van der Waals surface area contributed by atoms with E-state index < -0.39 is 4.92 Å². The SMILES string of the molecule is O=c1[nH]c2cccccc-2c1-c1nc2ccc([N+](=O)[O-])cc2[nH]1. The zero-order chi connectivity index (χ0) is 16.0. The maximum absolute atomic E-state index is 12.3. The highest BCUT2D eigenvalue weighted by Gasteiger charge is 2.19. The second kappa shape index (κ2) is 4.77. The highest BCUT2D eigenvalue weighted by molar-refractivity contribution is 5.86. The molecule has 1 aliphatic carbocycles. The van der Waals surface area contributed by atoms with Crippen LogP contribution < -0.4 is 5.56 Å². The van der Waals surface area contributed by atoms with Crippen molar-refractivity contribution in [1.29, 1.82) is 0 Å². The molecule has 2 heterocycles. The van der Waals surface area contributed by atoms with Gasteiger partial charge in [0.05, 0.1) is 21.5 Å². The van der Waals surface area contributed by atoms with Gasteiger partial charge in [-0.05, 0) is 12.1 Å². The number of nitro benzene ring substituents is 1. The minimum Gasteiger partial charge on any atom is -0.338 e. The third-order valence-electron chi connectivity index (χ3n) is 3.70. The average molecular weight is 306 g/mol. The van der Waals surface area contributed by atoms with Gasteiger partial charge in [-0.1, -0.05) is 24.3 Å². The van der Waals surface area contributed by atoms with Crippen LogP contribution >= 0.6 is 0 Å². The van der Waals surface area contributed by atoms with Gasteiger partial charge >= 0.3 is 0 Å². The first kappa shape index (κ1) is 13.2. The van der Waals surface area contributed by atoms with Crippen LogP contribution in [0.2, 0.25) is 0 Å². The Kier molecular flexibility index (Phi) is 2.74. The van der Waals surface area contributed by atoms with Crippen LogP contribution in [0.1, 0.15) is 0 Å². The van der Waals surface area contributed by atoms with E-state index >= 15 is 0 Å². The number of nitrogens with zero attached hydrogens (tertiary/aromatic N) is 2. The van der Waals surface area contributed by atoms with E-state index in [0.29, 0.717) is 28.1 Å². The van der Waals surface area contributed by atoms with E-state index in [1.54, 1.807) is 6.07 Å². The summed E-state index contributed by atoms with van der Waals surface area (Å²) >= 11 is 0. The highest BCUT2D eigenvalue weighted by atomic mass is 16.6. The van der Waals surface area contributed by atoms with Gasteiger partial charge in [0.25, 0.3) is 11.2 Å². The van der Waals surface area contributed by atoms with Crippen LogP contribution in [0.5, 0.6) is 0 Å². The quantitative estimate of drug-likeness (QED) is 0.439. The smallest absolute Gasteiger partial charge is 0.271 e. The van der Waals surface area contributed by atoms with Crippen LogP contribution in [-0.4, -0.2) is 19.9 Å². The second-order valence-corrected chi connectivity index (χ2v) is 5.11. The van der Waals surface area contributed by atoms with Crippen molar-refractivity contribution < 1.29 is 4.92 Å². The maximum Gasteiger partial charge on any atom is 0.271 e. The number of aromatic nitrogens is 3. The molecule has 0 unspecified atom stereocenters. The third kappa shape index (κ3) is 2.06. The number of fused-ring (bicyclic) bond motifs is 2. The molecular weight excluding hydrogens is 296 g/mol. The number of hydrogen-bond donors (Lipinski definition) is 2. The van der Waals surface area contributed by atoms with Gasteiger partial charge in [0.1, 0.15) is 5.82 Å². The van der Waals surface area contributed by atoms with E-state index in [9.17, 15) is 14.9 Å². The average Bonchev–Trinajstić information content (AvgIpc) is 2.99. The van der Waals surface area contributed by atoms with Crippen LogP contribution in [0.15, 0.2) is 53.3 Å². The van der Waals surface area contributed by atoms with Crippen molar-refractivity contribution in [3.8, 4) is 22.6 Å². The van der Waals surface area contributed by atoms with Gasteiger partial charge in [-0.3, -0.25) is 14.9 Å². The Labute approximate surface area is 129 Å². The topological polar surface area (TPSA) is 105 Å². The number of hydrogen-bond acceptors (Lipinski definition) is 4. The summed E-state index contributed by atoms with van der Waals surface area (Å²) < 4.78 is 0. The summed E-state index contributed by atoms with van der Waals surface area (Å²) in [5, 5.41) is 10.9. The lowest BCUT2D eigenvalue weighted by Crippen LogP contribution is -2.01. The molecule has 0 amide bonds. The summed E-state index contributed by atoms with van der Waals surface area (Å²) in [5.74, 6) is 0.392. The number of imidazole rings is 1. The van der Waals surface area contributed by atoms with Gasteiger partial charge in [-0.15, -0.1) is 0 Å². The molecule has 7 heteroatoms. The first-order valence-corrected chi connectivity index (χ1v) is 6.89. The second-order valence-electron chi connectivity index (χ2n) is 5.11. The Morgan fingerprint density at radius 2 is 1.87 bits per heavy atom. The van der Waals surface area contributed by atoms with Crippen LogP contribution in [0, 0.1) is 10.1 Å². The lowest BCUT2D eigenvalue weighted by molar-refractivity contribution is -0.384. The van der Waals surface area contributed by atoms with E-state index in [2.05, 4.69) is 15.0 Å². The van der Waals surface area contributed by atoms with Crippen LogP contribution in [-0.2, 0) is 0 Å². The molecule has 0 spiro atoms. The molecule has 1 aromatic heterocycles. The summed E-state index contributed by atoms with van der Waals surface area (Å²) in [7, 11) is 0. The van der Waals surface area contributed by atoms with Crippen LogP contribution in [0.25, 0.3) is 33.7 Å². The zero-order valence-corrected chi connectivity index (χ0v) is 11.7. The number of non-ortho nitro benzene ring substituents is 1. The van der Waals surface area contributed by atoms with Crippen molar-refractivity contribution >= 4 is 16.7 Å². The molecular formula is C16H10N4O3. The Morgan fingerprint density at radius 1 is 1.04 bits per heavy atom. The first-order valence-electron chi connectivity index (χ1n) is 6.89. The Hall–Kier alpha value is -3.48. The number of nitro groups is 1. The van der Waals surface area contributed by atoms with Crippen LogP contribution in [0.3, 0.4) is 0 Å². The fourth-order valence-corrected chi connectivity index (χ4v) is 2.65. The monoisotopic (exact) mass is 306 g/mol. The van der Waals surface area contributed by atoms with E-state index in [1.807, 2.05) is 30.3 Å². The largest absolute Gasteiger partial charge is 0.338 e. The van der Waals surface area contributed by atoms with Crippen molar-refractivity contribution in [2.75, 3.05) is 0 Å². The summed E-state index contributed by atoms with van der Waals surface area (Å²) in [6.45, 7) is 0. The number of rotatable bonds is 2. The number of benzene rings is 1. The molecule has 0 radical (unpaired) electrons. The van der Waals surface area contributed by atoms with Crippen molar-refractivity contribution in [2.45, 2.75) is 0 Å². The van der Waals surface area contributed by atoms with Crippen molar-refractivity contribution in [3.05, 3.63) is 69.0 Å². The third-order valence-corrected chi connectivity index (χ3v) is 3.70. The molecule has 0 saturated carbocycles. The van der Waals surface area contributed by atoms with E-state index in [0.717, 1.165) is 5.56 Å². The molecule has 23 heavy (non-hydrogen) atoms. The van der Waals surface area contributed by atoms with E-state index in [1.165, 1.54) is 12.1 Å². The molecule has 0 bridgehead atoms. The molecule has 0 saturated heterocycles. The van der Waals surface area contributed by atoms with E-state index in [-0.39, 0.29) is 11.2 Å². The zero-order valence-electron chi connectivity index (χ0n) is 11.7. The fraction of sp³-hybridized carbons (Fsp3) is 0. The Morgan fingerprint density at radius 3 is 2.70 bits per heavy atom. The van der Waals surface area contributed by atoms with Crippen molar-refractivity contribution in [1.82, 2.24) is 15.0 Å². The van der Waals surface area contributed by atoms with E-state index in [4.69, 9.17) is 0 Å². The molecule has 2 aromatic rings. The lowest BCUT2D eigenvalue weighted by Gasteiger charge is -1.94. The predicted molar refractivity (Wildman–Crippen MR) is 85.4 cm³/mol. The highest BCUT2D eigenvalue weighted by Crippen LogP contribution is 2.29. The normalized spacial score (nSPS) is 11.1. The molecule has 112 valence electrons. The number of aromatic amines is 2. The minimum atomic E-state index is -0.468. The standard InChI is InChI=1S/C16H10N4O3/c21-16-14(10-4-2-1-3-5-11(10)19-16)15-17-12-7-6-9(20(22)23)8-13(12)18-15/h1-8H,(H,17,18)(H,19,21). The molecule has 4 rings (SSSR count). The van der Waals surface area contributed by atoms with Gasteiger partial charge < -0.3 is 9.97 Å². The summed E-state index contributed by atoms with van der Waals surface area (Å²) in [4.78, 5) is 32.8. The molecule has 7 nitrogen and oxygen atoms in total. The molecule has 0 fully saturated rings. The molecule has 1 aliphatic heterocycles. The Bertz CT molecular complexity index is 1080. The molecule has 0 atom stereocenters. The number of nitrogens with one attached hydrogen (secondary N) is 2. The van der Waals surface area contributed by atoms with Gasteiger partial charge in [0.2, 0.25) is 0 Å². The maximum atomic E-state index is 12.3. The molecule has 1 aromatic carbocycles. The summed E-state index contributed by atoms with van der Waals surface area (Å²) in [5.41, 5.74) is 2.69. The Balaban J connectivity index is 1.96. The van der Waals surface area contributed by atoms with Crippen molar-refractivity contribution in [2.24, 2.45) is 0 Å². The number of H-pyrrole nitrogens is 2. The van der Waals surface area contributed by atoms with Gasteiger partial charge in [0, 0.05) is 23.4 Å². The van der Waals surface area contributed by atoms with Crippen LogP contribution in [0.4, 0.5) is 5.69 Å². The van der Waals surface area contributed by atoms with Gasteiger partial charge in [-0.2, -0.15) is 0 Å². The molecule has 2 N–H and O–H groups in total. The van der Waals surface area contributed by atoms with Gasteiger partial charge in [0.15, 0.2) is 0 Å². The first-order chi connectivity index (χ1) is 11.1. The summed E-state index contributed by atoms with van der Waals surface area (Å²) in [6.07, 6.45) is 0. The van der Waals surface area contributed by atoms with Gasteiger partial charge in [-0.25, -0.2) is 4.98 Å². The molecule has 2 aliphatic rings. The van der Waals surface area contributed by atoms with Crippen molar-refractivity contribution in [3.63, 3.8) is 0 Å². The lowest BCUT2D eigenvalue weighted by atomic mass is 10.1. The summed E-state index contributed by atoms with van der Waals surface area (Å²) in [6, 6.07) is 13.5. The fourth-order valence-electron chi connectivity index (χ4n) is 2.65.